The van der Waals surface area contributed by atoms with Gasteiger partial charge in [-0.05, 0) is 39.2 Å². The molecule has 7 nitrogen and oxygen atoms in total. The third-order valence-electron chi connectivity index (χ3n) is 4.01. The lowest BCUT2D eigenvalue weighted by Gasteiger charge is -2.11. The number of carbonyl (C=O) groups excluding carboxylic acids is 1. The van der Waals surface area contributed by atoms with Gasteiger partial charge in [0.2, 0.25) is 5.95 Å². The number of aryl methyl sites for hydroxylation is 2. The van der Waals surface area contributed by atoms with E-state index in [-0.39, 0.29) is 17.4 Å². The SMILES string of the molecule is CSc1ccccc1C(=O)Nc1cc(C)nn1-c1nc(C)c(C)c(=O)[nH]1. The van der Waals surface area contributed by atoms with Crippen molar-refractivity contribution in [3.8, 4) is 5.95 Å². The second-order valence-electron chi connectivity index (χ2n) is 5.84. The fraction of sp³-hybridized carbons (Fsp3) is 0.222. The molecular weight excluding hydrogens is 350 g/mol. The van der Waals surface area contributed by atoms with Crippen LogP contribution in [0.2, 0.25) is 0 Å². The number of amides is 1. The molecule has 0 aliphatic rings. The fourth-order valence-electron chi connectivity index (χ4n) is 2.50. The summed E-state index contributed by atoms with van der Waals surface area (Å²) < 4.78 is 1.43. The van der Waals surface area contributed by atoms with Crippen LogP contribution in [0.1, 0.15) is 27.3 Å². The number of benzene rings is 1. The summed E-state index contributed by atoms with van der Waals surface area (Å²) in [5, 5.41) is 7.21. The van der Waals surface area contributed by atoms with Crippen molar-refractivity contribution in [1.29, 1.82) is 0 Å². The Morgan fingerprint density at radius 2 is 1.96 bits per heavy atom. The van der Waals surface area contributed by atoms with Crippen LogP contribution in [0.4, 0.5) is 5.82 Å². The van der Waals surface area contributed by atoms with Gasteiger partial charge in [0.25, 0.3) is 11.5 Å². The van der Waals surface area contributed by atoms with E-state index in [1.165, 1.54) is 16.4 Å². The second kappa shape index (κ2) is 7.17. The molecule has 1 amide bonds. The van der Waals surface area contributed by atoms with Crippen molar-refractivity contribution < 1.29 is 4.79 Å². The number of H-pyrrole nitrogens is 1. The normalized spacial score (nSPS) is 10.8. The van der Waals surface area contributed by atoms with Crippen LogP contribution >= 0.6 is 11.8 Å². The molecule has 0 aliphatic carbocycles. The summed E-state index contributed by atoms with van der Waals surface area (Å²) in [4.78, 5) is 32.7. The topological polar surface area (TPSA) is 92.7 Å². The Kier molecular flexibility index (Phi) is 4.94. The molecule has 0 aliphatic heterocycles. The lowest BCUT2D eigenvalue weighted by molar-refractivity contribution is 0.102. The maximum atomic E-state index is 12.7. The molecule has 8 heteroatoms. The number of nitrogens with one attached hydrogen (secondary N) is 2. The highest BCUT2D eigenvalue weighted by atomic mass is 32.2. The van der Waals surface area contributed by atoms with Gasteiger partial charge >= 0.3 is 0 Å². The molecule has 2 heterocycles. The molecule has 0 atom stereocenters. The third kappa shape index (κ3) is 3.41. The predicted molar refractivity (Wildman–Crippen MR) is 102 cm³/mol. The van der Waals surface area contributed by atoms with Gasteiger partial charge in [-0.2, -0.15) is 9.78 Å². The van der Waals surface area contributed by atoms with Crippen molar-refractivity contribution in [2.24, 2.45) is 0 Å². The van der Waals surface area contributed by atoms with Crippen molar-refractivity contribution in [2.75, 3.05) is 11.6 Å². The number of carbonyl (C=O) groups is 1. The van der Waals surface area contributed by atoms with Crippen LogP contribution in [-0.2, 0) is 0 Å². The van der Waals surface area contributed by atoms with Crippen molar-refractivity contribution in [2.45, 2.75) is 25.7 Å². The van der Waals surface area contributed by atoms with Crippen LogP contribution in [0.5, 0.6) is 0 Å². The number of aromatic nitrogens is 4. The standard InChI is InChI=1S/C18H19N5O2S/c1-10-9-15(20-17(25)13-7-5-6-8-14(13)26-4)23(22-10)18-19-12(3)11(2)16(24)21-18/h5-9H,1-4H3,(H,20,25)(H,19,21,24). The van der Waals surface area contributed by atoms with E-state index >= 15 is 0 Å². The Morgan fingerprint density at radius 1 is 1.23 bits per heavy atom. The van der Waals surface area contributed by atoms with Crippen LogP contribution < -0.4 is 10.9 Å². The van der Waals surface area contributed by atoms with Crippen molar-refractivity contribution in [3.63, 3.8) is 0 Å². The molecule has 0 saturated carbocycles. The summed E-state index contributed by atoms with van der Waals surface area (Å²) in [7, 11) is 0. The van der Waals surface area contributed by atoms with Crippen LogP contribution in [0, 0.1) is 20.8 Å². The molecule has 134 valence electrons. The van der Waals surface area contributed by atoms with E-state index in [0.717, 1.165) is 4.90 Å². The molecular formula is C18H19N5O2S. The number of hydrogen-bond donors (Lipinski definition) is 2. The highest BCUT2D eigenvalue weighted by Crippen LogP contribution is 2.22. The Bertz CT molecular complexity index is 1040. The first kappa shape index (κ1) is 17.9. The summed E-state index contributed by atoms with van der Waals surface area (Å²) in [6.45, 7) is 5.28. The molecule has 0 saturated heterocycles. The molecule has 2 N–H and O–H groups in total. The molecule has 1 aromatic carbocycles. The monoisotopic (exact) mass is 369 g/mol. The van der Waals surface area contributed by atoms with E-state index in [0.29, 0.717) is 28.3 Å². The minimum atomic E-state index is -0.248. The zero-order chi connectivity index (χ0) is 18.8. The summed E-state index contributed by atoms with van der Waals surface area (Å²) in [5.41, 5.74) is 2.20. The molecule has 0 radical (unpaired) electrons. The van der Waals surface area contributed by atoms with E-state index in [1.807, 2.05) is 24.5 Å². The fourth-order valence-corrected chi connectivity index (χ4v) is 3.09. The van der Waals surface area contributed by atoms with Gasteiger partial charge in [-0.15, -0.1) is 11.8 Å². The minimum Gasteiger partial charge on any atom is -0.306 e. The van der Waals surface area contributed by atoms with E-state index < -0.39 is 0 Å². The van der Waals surface area contributed by atoms with Crippen LogP contribution in [0.25, 0.3) is 5.95 Å². The number of anilines is 1. The van der Waals surface area contributed by atoms with Gasteiger partial charge < -0.3 is 5.32 Å². The molecule has 0 bridgehead atoms. The number of aromatic amines is 1. The largest absolute Gasteiger partial charge is 0.306 e. The molecule has 26 heavy (non-hydrogen) atoms. The van der Waals surface area contributed by atoms with E-state index in [1.54, 1.807) is 32.9 Å². The van der Waals surface area contributed by atoms with Crippen LogP contribution in [0.15, 0.2) is 40.0 Å². The van der Waals surface area contributed by atoms with Crippen molar-refractivity contribution in [3.05, 3.63) is 63.2 Å². The average Bonchev–Trinajstić information content (AvgIpc) is 2.99. The Morgan fingerprint density at radius 3 is 2.65 bits per heavy atom. The average molecular weight is 369 g/mol. The maximum Gasteiger partial charge on any atom is 0.257 e. The number of nitrogens with zero attached hydrogens (tertiary/aromatic N) is 3. The van der Waals surface area contributed by atoms with Gasteiger partial charge in [-0.1, -0.05) is 12.1 Å². The molecule has 0 unspecified atom stereocenters. The number of rotatable bonds is 4. The van der Waals surface area contributed by atoms with Gasteiger partial charge in [0.05, 0.1) is 11.3 Å². The summed E-state index contributed by atoms with van der Waals surface area (Å²) in [6, 6.07) is 9.10. The first-order valence-corrected chi connectivity index (χ1v) is 9.22. The van der Waals surface area contributed by atoms with Gasteiger partial charge in [0.1, 0.15) is 5.82 Å². The summed E-state index contributed by atoms with van der Waals surface area (Å²) in [6.07, 6.45) is 1.92. The van der Waals surface area contributed by atoms with Gasteiger partial charge in [-0.25, -0.2) is 4.98 Å². The van der Waals surface area contributed by atoms with Crippen LogP contribution in [0.3, 0.4) is 0 Å². The van der Waals surface area contributed by atoms with Crippen molar-refractivity contribution in [1.82, 2.24) is 19.7 Å². The lowest BCUT2D eigenvalue weighted by atomic mass is 10.2. The summed E-state index contributed by atoms with van der Waals surface area (Å²) in [5.74, 6) is 0.455. The molecule has 0 spiro atoms. The van der Waals surface area contributed by atoms with Crippen LogP contribution in [-0.4, -0.2) is 31.9 Å². The smallest absolute Gasteiger partial charge is 0.257 e. The molecule has 3 aromatic rings. The summed E-state index contributed by atoms with van der Waals surface area (Å²) >= 11 is 1.50. The van der Waals surface area contributed by atoms with E-state index in [4.69, 9.17) is 0 Å². The highest BCUT2D eigenvalue weighted by Gasteiger charge is 2.16. The first-order valence-electron chi connectivity index (χ1n) is 7.99. The number of thioether (sulfide) groups is 1. The van der Waals surface area contributed by atoms with Crippen molar-refractivity contribution >= 4 is 23.5 Å². The molecule has 2 aromatic heterocycles. The number of hydrogen-bond acceptors (Lipinski definition) is 5. The van der Waals surface area contributed by atoms with E-state index in [9.17, 15) is 9.59 Å². The first-order chi connectivity index (χ1) is 12.4. The predicted octanol–water partition coefficient (Wildman–Crippen LogP) is 2.86. The van der Waals surface area contributed by atoms with Gasteiger partial charge in [0, 0.05) is 22.2 Å². The minimum absolute atomic E-state index is 0.231. The quantitative estimate of drug-likeness (QED) is 0.690. The molecule has 3 rings (SSSR count). The molecule has 0 fully saturated rings. The van der Waals surface area contributed by atoms with E-state index in [2.05, 4.69) is 20.4 Å². The van der Waals surface area contributed by atoms with Gasteiger partial charge in [-0.3, -0.25) is 14.6 Å². The highest BCUT2D eigenvalue weighted by molar-refractivity contribution is 7.98. The Hall–Kier alpha value is -2.87. The second-order valence-corrected chi connectivity index (χ2v) is 6.69. The van der Waals surface area contributed by atoms with Gasteiger partial charge in [0.15, 0.2) is 0 Å². The Balaban J connectivity index is 2.00. The zero-order valence-corrected chi connectivity index (χ0v) is 15.8. The Labute approximate surface area is 154 Å². The lowest BCUT2D eigenvalue weighted by Crippen LogP contribution is -2.21. The third-order valence-corrected chi connectivity index (χ3v) is 4.80. The maximum absolute atomic E-state index is 12.7. The zero-order valence-electron chi connectivity index (χ0n) is 15.0.